The molecular formula is C21H25FN4O5. The van der Waals surface area contributed by atoms with Gasteiger partial charge in [0.1, 0.15) is 17.8 Å². The van der Waals surface area contributed by atoms with Gasteiger partial charge in [-0.1, -0.05) is 0 Å². The van der Waals surface area contributed by atoms with E-state index < -0.39 is 29.7 Å². The van der Waals surface area contributed by atoms with Crippen LogP contribution in [0, 0.1) is 5.82 Å². The molecule has 1 aromatic carbocycles. The Morgan fingerprint density at radius 1 is 1.39 bits per heavy atom. The highest BCUT2D eigenvalue weighted by Crippen LogP contribution is 2.43. The number of methoxy groups -OCH3 is 1. The van der Waals surface area contributed by atoms with E-state index in [1.54, 1.807) is 4.57 Å². The lowest BCUT2D eigenvalue weighted by atomic mass is 10.1. The van der Waals surface area contributed by atoms with Gasteiger partial charge in [-0.2, -0.15) is 0 Å². The van der Waals surface area contributed by atoms with Gasteiger partial charge in [0.05, 0.1) is 18.0 Å². The molecule has 1 amide bonds. The second kappa shape index (κ2) is 8.18. The Bertz CT molecular complexity index is 1110. The standard InChI is InChI=1S/C21H25FN4O5/c1-11-9-25(6-5-23-11)18-15(22)7-13-17(20(18)31-2)26(12-3-4-12)10-14(19(13)29)21(30)24-8-16(27)28/h7,10-12,23H,3-6,8-9H2,1-2H3,(H,24,30)(H,27,28). The first-order valence-electron chi connectivity index (χ1n) is 10.3. The SMILES string of the molecule is COc1c(N2CCNC(C)C2)c(F)cc2c(=O)c(C(=O)NCC(=O)O)cn(C3CC3)c12. The molecule has 1 saturated carbocycles. The van der Waals surface area contributed by atoms with E-state index in [1.165, 1.54) is 13.3 Å². The number of anilines is 1. The van der Waals surface area contributed by atoms with Gasteiger partial charge in [0.2, 0.25) is 5.43 Å². The Labute approximate surface area is 177 Å². The van der Waals surface area contributed by atoms with E-state index in [9.17, 15) is 14.4 Å². The normalized spacial score (nSPS) is 18.8. The largest absolute Gasteiger partial charge is 0.492 e. The average Bonchev–Trinajstić information content (AvgIpc) is 3.57. The van der Waals surface area contributed by atoms with Crippen LogP contribution >= 0.6 is 0 Å². The Hall–Kier alpha value is -3.14. The number of carboxylic acid groups (broad SMARTS) is 1. The van der Waals surface area contributed by atoms with Crippen molar-refractivity contribution in [1.29, 1.82) is 0 Å². The number of fused-ring (bicyclic) bond motifs is 1. The predicted molar refractivity (Wildman–Crippen MR) is 113 cm³/mol. The molecule has 1 unspecified atom stereocenters. The summed E-state index contributed by atoms with van der Waals surface area (Å²) in [4.78, 5) is 38.3. The molecule has 10 heteroatoms. The number of benzene rings is 1. The van der Waals surface area contributed by atoms with E-state index in [1.807, 2.05) is 11.8 Å². The number of nitrogens with one attached hydrogen (secondary N) is 2. The Morgan fingerprint density at radius 2 is 2.13 bits per heavy atom. The molecule has 1 aliphatic carbocycles. The number of ether oxygens (including phenoxy) is 1. The molecule has 166 valence electrons. The zero-order chi connectivity index (χ0) is 22.3. The van der Waals surface area contributed by atoms with E-state index in [-0.39, 0.29) is 28.8 Å². The third-order valence-corrected chi connectivity index (χ3v) is 5.67. The zero-order valence-corrected chi connectivity index (χ0v) is 17.4. The molecule has 4 rings (SSSR count). The van der Waals surface area contributed by atoms with Crippen molar-refractivity contribution in [2.24, 2.45) is 0 Å². The van der Waals surface area contributed by atoms with Crippen LogP contribution in [0.2, 0.25) is 0 Å². The number of carboxylic acids is 1. The van der Waals surface area contributed by atoms with E-state index in [0.717, 1.165) is 18.9 Å². The highest BCUT2D eigenvalue weighted by atomic mass is 19.1. The fraction of sp³-hybridized carbons (Fsp3) is 0.476. The predicted octanol–water partition coefficient (Wildman–Crippen LogP) is 1.10. The fourth-order valence-electron chi connectivity index (χ4n) is 4.12. The van der Waals surface area contributed by atoms with Crippen LogP contribution in [0.3, 0.4) is 0 Å². The zero-order valence-electron chi connectivity index (χ0n) is 17.4. The van der Waals surface area contributed by atoms with Crippen LogP contribution < -0.4 is 25.7 Å². The Kier molecular flexibility index (Phi) is 5.57. The molecule has 1 atom stereocenters. The molecule has 0 spiro atoms. The van der Waals surface area contributed by atoms with Crippen molar-refractivity contribution >= 4 is 28.5 Å². The van der Waals surface area contributed by atoms with Crippen LogP contribution in [-0.4, -0.2) is 60.9 Å². The lowest BCUT2D eigenvalue weighted by Gasteiger charge is -2.35. The molecule has 2 aliphatic rings. The van der Waals surface area contributed by atoms with Crippen LogP contribution in [0.4, 0.5) is 10.1 Å². The summed E-state index contributed by atoms with van der Waals surface area (Å²) in [7, 11) is 1.44. The third kappa shape index (κ3) is 3.95. The number of carbonyl (C=O) groups is 2. The lowest BCUT2D eigenvalue weighted by molar-refractivity contribution is -0.135. The topological polar surface area (TPSA) is 113 Å². The van der Waals surface area contributed by atoms with Gasteiger partial charge in [-0.05, 0) is 25.8 Å². The third-order valence-electron chi connectivity index (χ3n) is 5.67. The number of hydrogen-bond acceptors (Lipinski definition) is 6. The minimum Gasteiger partial charge on any atom is -0.492 e. The van der Waals surface area contributed by atoms with Gasteiger partial charge in [-0.25, -0.2) is 4.39 Å². The minimum absolute atomic E-state index is 0.0381. The number of amides is 1. The van der Waals surface area contributed by atoms with Gasteiger partial charge in [0, 0.05) is 37.9 Å². The second-order valence-electron chi connectivity index (χ2n) is 8.02. The summed E-state index contributed by atoms with van der Waals surface area (Å²) in [6.45, 7) is 3.27. The lowest BCUT2D eigenvalue weighted by Crippen LogP contribution is -2.49. The van der Waals surface area contributed by atoms with Crippen LogP contribution in [-0.2, 0) is 4.79 Å². The summed E-state index contributed by atoms with van der Waals surface area (Å²) in [5.74, 6) is -2.35. The van der Waals surface area contributed by atoms with Gasteiger partial charge in [-0.15, -0.1) is 0 Å². The van der Waals surface area contributed by atoms with Crippen molar-refractivity contribution in [3.05, 3.63) is 33.9 Å². The molecule has 31 heavy (non-hydrogen) atoms. The quantitative estimate of drug-likeness (QED) is 0.627. The average molecular weight is 432 g/mol. The molecule has 2 aromatic rings. The molecular weight excluding hydrogens is 407 g/mol. The van der Waals surface area contributed by atoms with Crippen LogP contribution in [0.5, 0.6) is 5.75 Å². The maximum atomic E-state index is 15.3. The molecule has 0 radical (unpaired) electrons. The smallest absolute Gasteiger partial charge is 0.322 e. The minimum atomic E-state index is -1.22. The van der Waals surface area contributed by atoms with Crippen LogP contribution in [0.25, 0.3) is 10.9 Å². The number of nitrogens with zero attached hydrogens (tertiary/aromatic N) is 2. The van der Waals surface area contributed by atoms with Crippen molar-refractivity contribution in [3.63, 3.8) is 0 Å². The molecule has 3 N–H and O–H groups in total. The van der Waals surface area contributed by atoms with Crippen molar-refractivity contribution in [1.82, 2.24) is 15.2 Å². The second-order valence-corrected chi connectivity index (χ2v) is 8.02. The number of aromatic nitrogens is 1. The van der Waals surface area contributed by atoms with Crippen molar-refractivity contribution in [2.45, 2.75) is 31.8 Å². The number of carbonyl (C=O) groups excluding carboxylic acids is 1. The number of halogens is 1. The molecule has 1 saturated heterocycles. The van der Waals surface area contributed by atoms with Gasteiger partial charge in [0.15, 0.2) is 11.6 Å². The van der Waals surface area contributed by atoms with E-state index >= 15 is 4.39 Å². The van der Waals surface area contributed by atoms with Gasteiger partial charge < -0.3 is 29.9 Å². The van der Waals surface area contributed by atoms with E-state index in [0.29, 0.717) is 30.8 Å². The van der Waals surface area contributed by atoms with Crippen molar-refractivity contribution < 1.29 is 23.8 Å². The van der Waals surface area contributed by atoms with E-state index in [4.69, 9.17) is 9.84 Å². The van der Waals surface area contributed by atoms with Crippen LogP contribution in [0.15, 0.2) is 17.1 Å². The van der Waals surface area contributed by atoms with Gasteiger partial charge >= 0.3 is 5.97 Å². The number of hydrogen-bond donors (Lipinski definition) is 3. The highest BCUT2D eigenvalue weighted by molar-refractivity contribution is 6.00. The molecule has 9 nitrogen and oxygen atoms in total. The van der Waals surface area contributed by atoms with Crippen molar-refractivity contribution in [2.75, 3.05) is 38.2 Å². The Morgan fingerprint density at radius 3 is 2.74 bits per heavy atom. The summed E-state index contributed by atoms with van der Waals surface area (Å²) >= 11 is 0. The Balaban J connectivity index is 1.92. The summed E-state index contributed by atoms with van der Waals surface area (Å²) < 4.78 is 22.8. The first kappa shape index (κ1) is 21.1. The molecule has 0 bridgehead atoms. The monoisotopic (exact) mass is 432 g/mol. The maximum Gasteiger partial charge on any atom is 0.322 e. The number of piperazine rings is 1. The summed E-state index contributed by atoms with van der Waals surface area (Å²) in [6.07, 6.45) is 3.15. The summed E-state index contributed by atoms with van der Waals surface area (Å²) in [6, 6.07) is 1.39. The first-order valence-corrected chi connectivity index (χ1v) is 10.3. The number of pyridine rings is 1. The molecule has 2 fully saturated rings. The van der Waals surface area contributed by atoms with Crippen LogP contribution in [0.1, 0.15) is 36.2 Å². The van der Waals surface area contributed by atoms with Gasteiger partial charge in [0.25, 0.3) is 5.91 Å². The number of aliphatic carboxylic acids is 1. The summed E-state index contributed by atoms with van der Waals surface area (Å²) in [5, 5.41) is 14.4. The fourth-order valence-corrected chi connectivity index (χ4v) is 4.12. The molecule has 1 aromatic heterocycles. The van der Waals surface area contributed by atoms with E-state index in [2.05, 4.69) is 10.6 Å². The maximum absolute atomic E-state index is 15.3. The van der Waals surface area contributed by atoms with Crippen molar-refractivity contribution in [3.8, 4) is 5.75 Å². The molecule has 2 heterocycles. The number of rotatable bonds is 6. The molecule has 1 aliphatic heterocycles. The first-order chi connectivity index (χ1) is 14.8. The highest BCUT2D eigenvalue weighted by Gasteiger charge is 2.32. The van der Waals surface area contributed by atoms with Gasteiger partial charge in [-0.3, -0.25) is 14.4 Å². The summed E-state index contributed by atoms with van der Waals surface area (Å²) in [5.41, 5.74) is -0.120.